The van der Waals surface area contributed by atoms with Crippen LogP contribution in [0.3, 0.4) is 0 Å². The van der Waals surface area contributed by atoms with Crippen LogP contribution < -0.4 is 10.1 Å². The minimum Gasteiger partial charge on any atom is -0.492 e. The fourth-order valence-corrected chi connectivity index (χ4v) is 3.69. The number of hydrogen-bond donors (Lipinski definition) is 1. The van der Waals surface area contributed by atoms with Gasteiger partial charge in [0.15, 0.2) is 5.96 Å². The summed E-state index contributed by atoms with van der Waals surface area (Å²) in [6.45, 7) is 5.55. The van der Waals surface area contributed by atoms with E-state index >= 15 is 0 Å². The summed E-state index contributed by atoms with van der Waals surface area (Å²) in [5.41, 5.74) is 0. The fourth-order valence-electron chi connectivity index (χ4n) is 3.32. The van der Waals surface area contributed by atoms with Crippen molar-refractivity contribution in [1.29, 1.82) is 0 Å². The Kier molecular flexibility index (Phi) is 6.55. The molecule has 1 aliphatic rings. The maximum Gasteiger partial charge on any atom is 0.193 e. The lowest BCUT2D eigenvalue weighted by Crippen LogP contribution is -2.49. The molecule has 1 aliphatic heterocycles. The van der Waals surface area contributed by atoms with Crippen LogP contribution >= 0.6 is 15.9 Å². The van der Waals surface area contributed by atoms with E-state index in [1.807, 2.05) is 50.0 Å². The highest BCUT2D eigenvalue weighted by atomic mass is 79.9. The topological polar surface area (TPSA) is 54.7 Å². The van der Waals surface area contributed by atoms with E-state index in [1.165, 1.54) is 0 Å². The molecule has 0 spiro atoms. The van der Waals surface area contributed by atoms with Crippen LogP contribution in [0, 0.1) is 5.92 Å². The number of nitrogens with one attached hydrogen (secondary N) is 1. The van der Waals surface area contributed by atoms with Gasteiger partial charge in [-0.3, -0.25) is 4.99 Å². The summed E-state index contributed by atoms with van der Waals surface area (Å²) in [6, 6.07) is 8.30. The molecule has 1 aromatic carbocycles. The lowest BCUT2D eigenvalue weighted by Gasteiger charge is -2.39. The molecule has 2 unspecified atom stereocenters. The Morgan fingerprint density at radius 1 is 1.46 bits per heavy atom. The van der Waals surface area contributed by atoms with Gasteiger partial charge in [0.25, 0.3) is 0 Å². The number of guanidine groups is 1. The highest BCUT2D eigenvalue weighted by Gasteiger charge is 2.28. The van der Waals surface area contributed by atoms with Crippen molar-refractivity contribution in [3.8, 4) is 5.75 Å². The number of piperidine rings is 1. The average molecular weight is 420 g/mol. The van der Waals surface area contributed by atoms with Crippen LogP contribution in [0.1, 0.15) is 19.4 Å². The third-order valence-corrected chi connectivity index (χ3v) is 5.28. The molecule has 7 heteroatoms. The second kappa shape index (κ2) is 9.07. The Hall–Kier alpha value is -2.02. The normalized spacial score (nSPS) is 20.9. The molecule has 2 heterocycles. The Morgan fingerprint density at radius 3 is 3.08 bits per heavy atom. The predicted octanol–water partition coefficient (Wildman–Crippen LogP) is 3.18. The molecule has 0 amide bonds. The SMILES string of the molecule is CN=C(NCCOc1cccc(Br)c1)N1CCC(C)C(n2ccnc2)C1. The lowest BCUT2D eigenvalue weighted by molar-refractivity contribution is 0.188. The Balaban J connectivity index is 1.50. The smallest absolute Gasteiger partial charge is 0.193 e. The van der Waals surface area contributed by atoms with Gasteiger partial charge in [0, 0.05) is 37.0 Å². The van der Waals surface area contributed by atoms with Crippen molar-refractivity contribution in [1.82, 2.24) is 19.8 Å². The highest BCUT2D eigenvalue weighted by Crippen LogP contribution is 2.27. The van der Waals surface area contributed by atoms with Crippen LogP contribution in [-0.4, -0.2) is 53.7 Å². The van der Waals surface area contributed by atoms with Gasteiger partial charge in [-0.25, -0.2) is 4.98 Å². The molecular formula is C19H26BrN5O. The van der Waals surface area contributed by atoms with Crippen molar-refractivity contribution in [2.24, 2.45) is 10.9 Å². The minimum atomic E-state index is 0.419. The van der Waals surface area contributed by atoms with Crippen molar-refractivity contribution in [2.75, 3.05) is 33.3 Å². The molecule has 1 saturated heterocycles. The molecule has 0 saturated carbocycles. The Bertz CT molecular complexity index is 718. The van der Waals surface area contributed by atoms with Crippen molar-refractivity contribution >= 4 is 21.9 Å². The average Bonchev–Trinajstić information content (AvgIpc) is 3.17. The number of halogens is 1. The van der Waals surface area contributed by atoms with Gasteiger partial charge >= 0.3 is 0 Å². The van der Waals surface area contributed by atoms with E-state index in [1.54, 1.807) is 0 Å². The van der Waals surface area contributed by atoms with E-state index < -0.39 is 0 Å². The molecular weight excluding hydrogens is 394 g/mol. The second-order valence-electron chi connectivity index (χ2n) is 6.57. The van der Waals surface area contributed by atoms with Gasteiger partial charge in [-0.1, -0.05) is 28.9 Å². The molecule has 26 heavy (non-hydrogen) atoms. The summed E-state index contributed by atoms with van der Waals surface area (Å²) in [5, 5.41) is 3.42. The summed E-state index contributed by atoms with van der Waals surface area (Å²) < 4.78 is 9.02. The predicted molar refractivity (Wildman–Crippen MR) is 108 cm³/mol. The Morgan fingerprint density at radius 2 is 2.35 bits per heavy atom. The summed E-state index contributed by atoms with van der Waals surface area (Å²) in [5.74, 6) is 2.42. The summed E-state index contributed by atoms with van der Waals surface area (Å²) in [4.78, 5) is 11.0. The Labute approximate surface area is 163 Å². The molecule has 1 N–H and O–H groups in total. The van der Waals surface area contributed by atoms with Crippen LogP contribution in [0.25, 0.3) is 0 Å². The van der Waals surface area contributed by atoms with E-state index in [-0.39, 0.29) is 0 Å². The number of benzene rings is 1. The first-order valence-corrected chi connectivity index (χ1v) is 9.78. The molecule has 1 aromatic heterocycles. The van der Waals surface area contributed by atoms with Crippen molar-refractivity contribution in [3.63, 3.8) is 0 Å². The molecule has 1 fully saturated rings. The number of aromatic nitrogens is 2. The first kappa shape index (κ1) is 18.8. The van der Waals surface area contributed by atoms with Crippen LogP contribution in [-0.2, 0) is 0 Å². The van der Waals surface area contributed by atoms with Crippen molar-refractivity contribution in [3.05, 3.63) is 47.5 Å². The summed E-state index contributed by atoms with van der Waals surface area (Å²) in [7, 11) is 1.84. The van der Waals surface area contributed by atoms with E-state index in [4.69, 9.17) is 4.74 Å². The van der Waals surface area contributed by atoms with Gasteiger partial charge in [0.05, 0.1) is 18.9 Å². The van der Waals surface area contributed by atoms with Gasteiger partial charge in [0.1, 0.15) is 12.4 Å². The van der Waals surface area contributed by atoms with E-state index in [2.05, 4.69) is 47.6 Å². The number of ether oxygens (including phenoxy) is 1. The lowest BCUT2D eigenvalue weighted by atomic mass is 9.93. The standard InChI is InChI=1S/C19H26BrN5O/c1-15-6-9-24(13-18(15)25-10-7-22-14-25)19(21-2)23-8-11-26-17-5-3-4-16(20)12-17/h3-5,7,10,12,14-15,18H,6,8-9,11,13H2,1-2H3,(H,21,23). The number of imidazole rings is 1. The molecule has 6 nitrogen and oxygen atoms in total. The third kappa shape index (κ3) is 4.78. The van der Waals surface area contributed by atoms with E-state index in [0.717, 1.165) is 35.7 Å². The molecule has 3 rings (SSSR count). The molecule has 2 atom stereocenters. The monoisotopic (exact) mass is 419 g/mol. The van der Waals surface area contributed by atoms with Gasteiger partial charge in [-0.05, 0) is 30.5 Å². The number of likely N-dealkylation sites (tertiary alicyclic amines) is 1. The zero-order valence-electron chi connectivity index (χ0n) is 15.3. The number of aliphatic imine (C=N–C) groups is 1. The first-order chi connectivity index (χ1) is 12.7. The first-order valence-electron chi connectivity index (χ1n) is 8.99. The fraction of sp³-hybridized carbons (Fsp3) is 0.474. The number of hydrogen-bond acceptors (Lipinski definition) is 3. The highest BCUT2D eigenvalue weighted by molar-refractivity contribution is 9.10. The number of nitrogens with zero attached hydrogens (tertiary/aromatic N) is 4. The minimum absolute atomic E-state index is 0.419. The molecule has 0 aliphatic carbocycles. The molecule has 2 aromatic rings. The number of rotatable bonds is 5. The van der Waals surface area contributed by atoms with Gasteiger partial charge in [-0.15, -0.1) is 0 Å². The van der Waals surface area contributed by atoms with Crippen molar-refractivity contribution in [2.45, 2.75) is 19.4 Å². The van der Waals surface area contributed by atoms with Crippen LogP contribution in [0.15, 0.2) is 52.5 Å². The zero-order valence-corrected chi connectivity index (χ0v) is 16.9. The van der Waals surface area contributed by atoms with Crippen LogP contribution in [0.2, 0.25) is 0 Å². The quantitative estimate of drug-likeness (QED) is 0.459. The zero-order chi connectivity index (χ0) is 18.4. The molecule has 0 radical (unpaired) electrons. The largest absolute Gasteiger partial charge is 0.492 e. The third-order valence-electron chi connectivity index (χ3n) is 4.79. The maximum atomic E-state index is 5.79. The second-order valence-corrected chi connectivity index (χ2v) is 7.48. The summed E-state index contributed by atoms with van der Waals surface area (Å²) >= 11 is 3.46. The maximum absolute atomic E-state index is 5.79. The summed E-state index contributed by atoms with van der Waals surface area (Å²) in [6.07, 6.45) is 6.94. The van der Waals surface area contributed by atoms with Crippen LogP contribution in [0.4, 0.5) is 0 Å². The van der Waals surface area contributed by atoms with E-state index in [9.17, 15) is 0 Å². The van der Waals surface area contributed by atoms with Gasteiger partial charge in [0.2, 0.25) is 0 Å². The van der Waals surface area contributed by atoms with Crippen LogP contribution in [0.5, 0.6) is 5.75 Å². The molecule has 140 valence electrons. The van der Waals surface area contributed by atoms with E-state index in [0.29, 0.717) is 25.1 Å². The van der Waals surface area contributed by atoms with Crippen molar-refractivity contribution < 1.29 is 4.74 Å². The van der Waals surface area contributed by atoms with Gasteiger partial charge < -0.3 is 19.5 Å². The van der Waals surface area contributed by atoms with Gasteiger partial charge in [-0.2, -0.15) is 0 Å². The molecule has 0 bridgehead atoms.